The zero-order valence-electron chi connectivity index (χ0n) is 30.8. The van der Waals surface area contributed by atoms with E-state index in [2.05, 4.69) is 200 Å². The molecule has 0 spiro atoms. The second-order valence-corrected chi connectivity index (χ2v) is 15.4. The first-order chi connectivity index (χ1) is 28.2. The Balaban J connectivity index is 1.12. The topological polar surface area (TPSA) is 38.7 Å². The van der Waals surface area contributed by atoms with Gasteiger partial charge in [-0.2, -0.15) is 0 Å². The molecule has 0 aliphatic carbocycles. The summed E-state index contributed by atoms with van der Waals surface area (Å²) in [5.74, 6) is 0.708. The number of hydrogen-bond acceptors (Lipinski definition) is 4. The summed E-state index contributed by atoms with van der Waals surface area (Å²) in [5, 5.41) is 5.97. The van der Waals surface area contributed by atoms with Gasteiger partial charge in [0.05, 0.1) is 22.6 Å². The Morgan fingerprint density at radius 3 is 1.40 bits per heavy atom. The maximum atomic E-state index is 5.34. The van der Waals surface area contributed by atoms with Gasteiger partial charge in [0.15, 0.2) is 5.82 Å². The minimum absolute atomic E-state index is 0.708. The molecule has 0 radical (unpaired) electrons. The lowest BCUT2D eigenvalue weighted by molar-refractivity contribution is 1.19. The number of hydrogen-bond donors (Lipinski definition) is 0. The molecule has 11 rings (SSSR count). The van der Waals surface area contributed by atoms with Gasteiger partial charge in [0.25, 0.3) is 0 Å². The van der Waals surface area contributed by atoms with Gasteiger partial charge in [-0.1, -0.05) is 182 Å². The van der Waals surface area contributed by atoms with Crippen molar-refractivity contribution in [3.63, 3.8) is 0 Å². The van der Waals surface area contributed by atoms with Crippen molar-refractivity contribution in [3.8, 4) is 67.4 Å². The van der Waals surface area contributed by atoms with Gasteiger partial charge in [-0.05, 0) is 40.5 Å². The fourth-order valence-corrected chi connectivity index (χ4v) is 9.44. The van der Waals surface area contributed by atoms with Crippen LogP contribution in [0.5, 0.6) is 0 Å². The van der Waals surface area contributed by atoms with Gasteiger partial charge in [0.2, 0.25) is 0 Å². The molecule has 0 saturated carbocycles. The summed E-state index contributed by atoms with van der Waals surface area (Å²) in [7, 11) is 0. The van der Waals surface area contributed by atoms with E-state index in [1.54, 1.807) is 0 Å². The maximum Gasteiger partial charge on any atom is 0.161 e. The van der Waals surface area contributed by atoms with Crippen molar-refractivity contribution in [1.29, 1.82) is 0 Å². The Labute approximate surface area is 334 Å². The summed E-state index contributed by atoms with van der Waals surface area (Å²) >= 11 is 1.83. The Hall–Kier alpha value is -7.27. The molecule has 4 heteroatoms. The van der Waals surface area contributed by atoms with Gasteiger partial charge in [0.1, 0.15) is 0 Å². The number of benzene rings is 8. The first-order valence-corrected chi connectivity index (χ1v) is 20.0. The van der Waals surface area contributed by atoms with E-state index in [9.17, 15) is 0 Å². The number of fused-ring (bicyclic) bond motifs is 7. The average Bonchev–Trinajstić information content (AvgIpc) is 3.69. The quantitative estimate of drug-likeness (QED) is 0.159. The lowest BCUT2D eigenvalue weighted by Crippen LogP contribution is -1.96. The lowest BCUT2D eigenvalue weighted by atomic mass is 9.98. The fourth-order valence-electron chi connectivity index (χ4n) is 8.07. The molecule has 11 aromatic rings. The molecule has 0 amide bonds. The summed E-state index contributed by atoms with van der Waals surface area (Å²) in [5.41, 5.74) is 12.7. The second kappa shape index (κ2) is 13.8. The molecule has 0 saturated heterocycles. The highest BCUT2D eigenvalue weighted by molar-refractivity contribution is 7.27. The summed E-state index contributed by atoms with van der Waals surface area (Å²) in [6, 6.07) is 70.7. The van der Waals surface area contributed by atoms with Gasteiger partial charge in [-0.3, -0.25) is 0 Å². The molecule has 3 heterocycles. The van der Waals surface area contributed by atoms with Gasteiger partial charge >= 0.3 is 0 Å². The third kappa shape index (κ3) is 5.86. The zero-order valence-corrected chi connectivity index (χ0v) is 31.6. The van der Waals surface area contributed by atoms with Gasteiger partial charge in [-0.15, -0.1) is 11.3 Å². The Morgan fingerprint density at radius 1 is 0.316 bits per heavy atom. The third-order valence-corrected chi connectivity index (χ3v) is 12.2. The van der Waals surface area contributed by atoms with E-state index >= 15 is 0 Å². The lowest BCUT2D eigenvalue weighted by Gasteiger charge is -2.11. The molecule has 0 aliphatic heterocycles. The molecule has 0 unspecified atom stereocenters. The molecule has 0 bridgehead atoms. The van der Waals surface area contributed by atoms with Crippen molar-refractivity contribution in [3.05, 3.63) is 200 Å². The van der Waals surface area contributed by atoms with E-state index in [0.29, 0.717) is 5.82 Å². The van der Waals surface area contributed by atoms with Crippen LogP contribution >= 0.6 is 11.3 Å². The molecule has 0 fully saturated rings. The Kier molecular flexibility index (Phi) is 8.01. The fraction of sp³-hybridized carbons (Fsp3) is 0. The first-order valence-electron chi connectivity index (χ1n) is 19.2. The molecule has 0 atom stereocenters. The van der Waals surface area contributed by atoms with E-state index in [1.165, 1.54) is 47.8 Å². The predicted octanol–water partition coefficient (Wildman–Crippen LogP) is 14.5. The van der Waals surface area contributed by atoms with Crippen molar-refractivity contribution in [2.75, 3.05) is 0 Å². The van der Waals surface area contributed by atoms with Crippen LogP contribution in [0.15, 0.2) is 200 Å². The smallest absolute Gasteiger partial charge is 0.161 e. The van der Waals surface area contributed by atoms with Crippen LogP contribution in [0.25, 0.3) is 109 Å². The van der Waals surface area contributed by atoms with Crippen LogP contribution in [-0.4, -0.2) is 15.0 Å². The van der Waals surface area contributed by atoms with Crippen molar-refractivity contribution in [1.82, 2.24) is 15.0 Å². The monoisotopic (exact) mass is 743 g/mol. The molecule has 3 aromatic heterocycles. The second-order valence-electron chi connectivity index (χ2n) is 14.3. The highest BCUT2D eigenvalue weighted by atomic mass is 32.1. The Bertz CT molecular complexity index is 3150. The van der Waals surface area contributed by atoms with Gasteiger partial charge in [-0.25, -0.2) is 15.0 Å². The number of thiophene rings is 1. The van der Waals surface area contributed by atoms with Gasteiger partial charge < -0.3 is 0 Å². The molecular formula is C53H33N3S. The predicted molar refractivity (Wildman–Crippen MR) is 240 cm³/mol. The standard InChI is InChI=1S/C53H33N3S/c1-4-13-34(14-5-1)36-23-27-38(28-24-36)47-33-48(39-29-25-37(26-30-39)35-15-6-2-7-16-35)56-53(55-47)45-21-12-20-41-42-31-32-44-49(52(42)57-51(41)45)43-19-10-11-22-46(43)54-50(44)40-17-8-3-9-18-40/h1-33H. The van der Waals surface area contributed by atoms with E-state index in [1.807, 2.05) is 11.3 Å². The number of para-hydroxylation sites is 1. The van der Waals surface area contributed by atoms with Crippen LogP contribution in [0.1, 0.15) is 0 Å². The number of pyridine rings is 1. The minimum atomic E-state index is 0.708. The average molecular weight is 744 g/mol. The highest BCUT2D eigenvalue weighted by Crippen LogP contribution is 2.46. The SMILES string of the molecule is c1ccc(-c2ccc(-c3cc(-c4ccc(-c5ccccc5)cc4)nc(-c4cccc5c4sc4c5ccc5c(-c6ccccc6)nc6ccccc6c54)n3)cc2)cc1. The Morgan fingerprint density at radius 2 is 0.789 bits per heavy atom. The van der Waals surface area contributed by atoms with Crippen LogP contribution in [0.3, 0.4) is 0 Å². The van der Waals surface area contributed by atoms with E-state index in [-0.39, 0.29) is 0 Å². The highest BCUT2D eigenvalue weighted by Gasteiger charge is 2.19. The molecule has 0 aliphatic rings. The van der Waals surface area contributed by atoms with Gasteiger partial charge in [0, 0.05) is 58.6 Å². The van der Waals surface area contributed by atoms with Crippen LogP contribution in [0.4, 0.5) is 0 Å². The largest absolute Gasteiger partial charge is 0.247 e. The first kappa shape index (κ1) is 33.1. The van der Waals surface area contributed by atoms with Crippen molar-refractivity contribution < 1.29 is 0 Å². The van der Waals surface area contributed by atoms with Crippen molar-refractivity contribution >= 4 is 53.2 Å². The van der Waals surface area contributed by atoms with Crippen LogP contribution in [0, 0.1) is 0 Å². The summed E-state index contributed by atoms with van der Waals surface area (Å²) in [4.78, 5) is 15.9. The van der Waals surface area contributed by atoms with Crippen LogP contribution < -0.4 is 0 Å². The third-order valence-electron chi connectivity index (χ3n) is 10.9. The molecule has 266 valence electrons. The number of nitrogens with zero attached hydrogens (tertiary/aromatic N) is 3. The van der Waals surface area contributed by atoms with E-state index in [0.717, 1.165) is 55.6 Å². The molecule has 3 nitrogen and oxygen atoms in total. The minimum Gasteiger partial charge on any atom is -0.247 e. The number of rotatable bonds is 6. The zero-order chi connectivity index (χ0) is 37.7. The van der Waals surface area contributed by atoms with E-state index < -0.39 is 0 Å². The van der Waals surface area contributed by atoms with Crippen LogP contribution in [0.2, 0.25) is 0 Å². The van der Waals surface area contributed by atoms with Crippen LogP contribution in [-0.2, 0) is 0 Å². The van der Waals surface area contributed by atoms with Crippen molar-refractivity contribution in [2.24, 2.45) is 0 Å². The molecule has 8 aromatic carbocycles. The summed E-state index contributed by atoms with van der Waals surface area (Å²) in [6.45, 7) is 0. The number of aromatic nitrogens is 3. The summed E-state index contributed by atoms with van der Waals surface area (Å²) < 4.78 is 2.42. The van der Waals surface area contributed by atoms with E-state index in [4.69, 9.17) is 15.0 Å². The normalized spacial score (nSPS) is 11.5. The summed E-state index contributed by atoms with van der Waals surface area (Å²) in [6.07, 6.45) is 0. The molecular weight excluding hydrogens is 711 g/mol. The molecule has 57 heavy (non-hydrogen) atoms. The maximum absolute atomic E-state index is 5.34. The van der Waals surface area contributed by atoms with Crippen molar-refractivity contribution in [2.45, 2.75) is 0 Å². The molecule has 0 N–H and O–H groups in total.